The highest BCUT2D eigenvalue weighted by molar-refractivity contribution is 6.30. The van der Waals surface area contributed by atoms with Crippen LogP contribution in [0.2, 0.25) is 5.02 Å². The summed E-state index contributed by atoms with van der Waals surface area (Å²) in [6, 6.07) is 2.27. The molecule has 1 aromatic rings. The lowest BCUT2D eigenvalue weighted by Gasteiger charge is -2.38. The molecule has 3 fully saturated rings. The van der Waals surface area contributed by atoms with Crippen LogP contribution in [0, 0.1) is 5.82 Å². The number of hydrogen-bond donors (Lipinski definition) is 3. The topological polar surface area (TPSA) is 128 Å². The van der Waals surface area contributed by atoms with E-state index in [-0.39, 0.29) is 17.1 Å². The van der Waals surface area contributed by atoms with E-state index in [9.17, 15) is 28.4 Å². The maximum absolute atomic E-state index is 13.5. The molecule has 31 heavy (non-hydrogen) atoms. The van der Waals surface area contributed by atoms with Crippen LogP contribution in [-0.4, -0.2) is 64.8 Å². The molecule has 0 bridgehead atoms. The monoisotopic (exact) mass is 451 g/mol. The molecule has 0 radical (unpaired) electrons. The number of halogens is 2. The van der Waals surface area contributed by atoms with Gasteiger partial charge in [-0.15, -0.1) is 0 Å². The lowest BCUT2D eigenvalue weighted by molar-refractivity contribution is -0.141. The van der Waals surface area contributed by atoms with Gasteiger partial charge in [0.1, 0.15) is 23.4 Å². The first-order valence-corrected chi connectivity index (χ1v) is 9.94. The highest BCUT2D eigenvalue weighted by Gasteiger charge is 2.52. The summed E-state index contributed by atoms with van der Waals surface area (Å²) in [7, 11) is 0. The van der Waals surface area contributed by atoms with Crippen LogP contribution in [0.15, 0.2) is 18.2 Å². The number of urea groups is 2. The van der Waals surface area contributed by atoms with E-state index in [1.54, 1.807) is 0 Å². The zero-order valence-corrected chi connectivity index (χ0v) is 17.2. The number of nitrogens with one attached hydrogen (secondary N) is 3. The summed E-state index contributed by atoms with van der Waals surface area (Å²) in [6.07, 6.45) is 0.840. The van der Waals surface area contributed by atoms with Gasteiger partial charge >= 0.3 is 12.1 Å². The Morgan fingerprint density at radius 2 is 1.97 bits per heavy atom. The predicted molar refractivity (Wildman–Crippen MR) is 104 cm³/mol. The number of likely N-dealkylation sites (tertiary alicyclic amines) is 1. The number of rotatable bonds is 3. The van der Waals surface area contributed by atoms with E-state index in [0.29, 0.717) is 19.4 Å². The van der Waals surface area contributed by atoms with Crippen LogP contribution in [0.3, 0.4) is 0 Å². The SMILES string of the molecule is CC1(c2ccc(F)c(Cl)c2)NC(=O)N(CC(=O)N2CCCC3(C2)NC(=O)NC3=O)C1=O. The standard InChI is InChI=1S/C19H19ClFN5O5/c1-18(10-3-4-12(21)11(20)7-10)15(29)26(17(31)24-18)8-13(27)25-6-2-5-19(9-25)14(28)22-16(30)23-19/h3-4,7H,2,5-6,8-9H2,1H3,(H,24,31)(H2,22,23,28,30). The van der Waals surface area contributed by atoms with Crippen molar-refractivity contribution in [3.05, 3.63) is 34.6 Å². The van der Waals surface area contributed by atoms with E-state index in [1.807, 2.05) is 0 Å². The number of nitrogens with zero attached hydrogens (tertiary/aromatic N) is 2. The van der Waals surface area contributed by atoms with Crippen molar-refractivity contribution in [1.29, 1.82) is 0 Å². The predicted octanol–water partition coefficient (Wildman–Crippen LogP) is 0.447. The number of hydrogen-bond acceptors (Lipinski definition) is 5. The number of amides is 7. The molecule has 0 saturated carbocycles. The summed E-state index contributed by atoms with van der Waals surface area (Å²) < 4.78 is 13.5. The van der Waals surface area contributed by atoms with Gasteiger partial charge in [-0.25, -0.2) is 14.0 Å². The molecule has 3 N–H and O–H groups in total. The maximum atomic E-state index is 13.5. The molecule has 3 saturated heterocycles. The molecule has 3 aliphatic heterocycles. The largest absolute Gasteiger partial charge is 0.338 e. The molecule has 164 valence electrons. The van der Waals surface area contributed by atoms with Crippen LogP contribution >= 0.6 is 11.6 Å². The molecule has 1 spiro atoms. The van der Waals surface area contributed by atoms with Gasteiger partial charge in [0.05, 0.1) is 11.6 Å². The van der Waals surface area contributed by atoms with Gasteiger partial charge in [0.15, 0.2) is 0 Å². The van der Waals surface area contributed by atoms with E-state index >= 15 is 0 Å². The summed E-state index contributed by atoms with van der Waals surface area (Å²) in [4.78, 5) is 64.2. The van der Waals surface area contributed by atoms with Crippen LogP contribution in [-0.2, 0) is 19.9 Å². The third-order valence-electron chi connectivity index (χ3n) is 5.92. The Bertz CT molecular complexity index is 1030. The summed E-state index contributed by atoms with van der Waals surface area (Å²) >= 11 is 5.81. The quantitative estimate of drug-likeness (QED) is 0.575. The molecule has 4 rings (SSSR count). The molecule has 7 amide bonds. The average molecular weight is 452 g/mol. The first-order valence-electron chi connectivity index (χ1n) is 9.57. The minimum atomic E-state index is -1.52. The fourth-order valence-corrected chi connectivity index (χ4v) is 4.34. The zero-order valence-electron chi connectivity index (χ0n) is 16.5. The van der Waals surface area contributed by atoms with Crippen molar-refractivity contribution in [2.24, 2.45) is 0 Å². The van der Waals surface area contributed by atoms with Crippen LogP contribution in [0.25, 0.3) is 0 Å². The smallest absolute Gasteiger partial charge is 0.325 e. The normalized spacial score (nSPS) is 28.1. The summed E-state index contributed by atoms with van der Waals surface area (Å²) in [5.41, 5.74) is -2.45. The molecular formula is C19H19ClFN5O5. The fraction of sp³-hybridized carbons (Fsp3) is 0.421. The molecule has 0 aliphatic carbocycles. The second-order valence-electron chi connectivity index (χ2n) is 7.98. The zero-order chi connectivity index (χ0) is 22.6. The molecule has 3 aliphatic rings. The van der Waals surface area contributed by atoms with Crippen LogP contribution in [0.4, 0.5) is 14.0 Å². The van der Waals surface area contributed by atoms with Crippen LogP contribution in [0.5, 0.6) is 0 Å². The molecule has 1 aromatic carbocycles. The van der Waals surface area contributed by atoms with Crippen LogP contribution < -0.4 is 16.0 Å². The summed E-state index contributed by atoms with van der Waals surface area (Å²) in [5, 5.41) is 7.06. The van der Waals surface area contributed by atoms with E-state index in [1.165, 1.54) is 24.0 Å². The molecule has 10 nitrogen and oxygen atoms in total. The lowest BCUT2D eigenvalue weighted by atomic mass is 9.89. The van der Waals surface area contributed by atoms with Gasteiger partial charge in [-0.05, 0) is 37.5 Å². The van der Waals surface area contributed by atoms with Crippen LogP contribution in [0.1, 0.15) is 25.3 Å². The maximum Gasteiger partial charge on any atom is 0.325 e. The van der Waals surface area contributed by atoms with E-state index in [2.05, 4.69) is 16.0 Å². The molecule has 2 atom stereocenters. The lowest BCUT2D eigenvalue weighted by Crippen LogP contribution is -2.60. The van der Waals surface area contributed by atoms with Crippen molar-refractivity contribution >= 4 is 41.4 Å². The molecule has 2 unspecified atom stereocenters. The number of piperidine rings is 1. The third-order valence-corrected chi connectivity index (χ3v) is 6.21. The molecule has 12 heteroatoms. The van der Waals surface area contributed by atoms with Crippen molar-refractivity contribution in [2.75, 3.05) is 19.6 Å². The minimum absolute atomic E-state index is 0.0576. The summed E-state index contributed by atoms with van der Waals surface area (Å²) in [5.74, 6) is -2.41. The van der Waals surface area contributed by atoms with E-state index in [0.717, 1.165) is 11.0 Å². The van der Waals surface area contributed by atoms with E-state index in [4.69, 9.17) is 11.6 Å². The van der Waals surface area contributed by atoms with Gasteiger partial charge in [0, 0.05) is 6.54 Å². The van der Waals surface area contributed by atoms with Crippen molar-refractivity contribution in [3.63, 3.8) is 0 Å². The number of carbonyl (C=O) groups is 5. The molecule has 0 aromatic heterocycles. The first kappa shape index (κ1) is 21.0. The van der Waals surface area contributed by atoms with Gasteiger partial charge in [0.2, 0.25) is 5.91 Å². The first-order chi connectivity index (χ1) is 14.6. The Kier molecular flexibility index (Phi) is 4.88. The number of benzene rings is 1. The van der Waals surface area contributed by atoms with Crippen molar-refractivity contribution < 1.29 is 28.4 Å². The Hall–Kier alpha value is -3.21. The highest BCUT2D eigenvalue weighted by Crippen LogP contribution is 2.31. The number of carbonyl (C=O) groups excluding carboxylic acids is 5. The highest BCUT2D eigenvalue weighted by atomic mass is 35.5. The van der Waals surface area contributed by atoms with E-state index < -0.39 is 53.2 Å². The second-order valence-corrected chi connectivity index (χ2v) is 8.39. The second kappa shape index (κ2) is 7.19. The fourth-order valence-electron chi connectivity index (χ4n) is 4.16. The summed E-state index contributed by atoms with van der Waals surface area (Å²) in [6.45, 7) is 1.16. The van der Waals surface area contributed by atoms with Gasteiger partial charge in [-0.3, -0.25) is 24.6 Å². The van der Waals surface area contributed by atoms with Gasteiger partial charge in [-0.1, -0.05) is 17.7 Å². The number of imide groups is 2. The Morgan fingerprint density at radius 3 is 2.61 bits per heavy atom. The van der Waals surface area contributed by atoms with Gasteiger partial charge in [0.25, 0.3) is 11.8 Å². The molecule has 3 heterocycles. The van der Waals surface area contributed by atoms with Crippen molar-refractivity contribution in [1.82, 2.24) is 25.8 Å². The minimum Gasteiger partial charge on any atom is -0.338 e. The average Bonchev–Trinajstić information content (AvgIpc) is 3.10. The van der Waals surface area contributed by atoms with Gasteiger partial charge in [-0.2, -0.15) is 0 Å². The Balaban J connectivity index is 1.50. The molecular weight excluding hydrogens is 433 g/mol. The van der Waals surface area contributed by atoms with Crippen molar-refractivity contribution in [2.45, 2.75) is 30.8 Å². The Morgan fingerprint density at radius 1 is 1.23 bits per heavy atom. The van der Waals surface area contributed by atoms with Crippen molar-refractivity contribution in [3.8, 4) is 0 Å². The Labute approximate surface area is 181 Å². The van der Waals surface area contributed by atoms with Gasteiger partial charge < -0.3 is 15.5 Å². The third kappa shape index (κ3) is 3.38.